The maximum absolute atomic E-state index is 5.66. The summed E-state index contributed by atoms with van der Waals surface area (Å²) in [5, 5.41) is 0. The van der Waals surface area contributed by atoms with Crippen molar-refractivity contribution in [3.63, 3.8) is 0 Å². The molecule has 1 saturated heterocycles. The largest absolute Gasteiger partial charge is 0.477 e. The highest BCUT2D eigenvalue weighted by atomic mass is 32.2. The molecule has 3 aliphatic rings. The number of rotatable bonds is 3. The van der Waals surface area contributed by atoms with Crippen LogP contribution in [0.1, 0.15) is 29.7 Å². The van der Waals surface area contributed by atoms with Crippen molar-refractivity contribution in [3.05, 3.63) is 65.7 Å². The van der Waals surface area contributed by atoms with Crippen LogP contribution in [-0.4, -0.2) is 44.0 Å². The van der Waals surface area contributed by atoms with Gasteiger partial charge in [-0.25, -0.2) is 15.0 Å². The third-order valence-electron chi connectivity index (χ3n) is 8.04. The molecule has 0 radical (unpaired) electrons. The van der Waals surface area contributed by atoms with Crippen molar-refractivity contribution in [3.8, 4) is 5.88 Å². The molecule has 2 aliphatic heterocycles. The highest BCUT2D eigenvalue weighted by Crippen LogP contribution is 2.45. The fraction of sp³-hybridized carbons (Fsp3) is 0.333. The molecule has 0 aromatic carbocycles. The van der Waals surface area contributed by atoms with E-state index in [1.165, 1.54) is 34.6 Å². The Hall–Kier alpha value is -3.39. The van der Waals surface area contributed by atoms with E-state index >= 15 is 0 Å². The molecule has 0 N–H and O–H groups in total. The molecule has 0 amide bonds. The average Bonchev–Trinajstić information content (AvgIpc) is 3.66. The quantitative estimate of drug-likeness (QED) is 0.374. The third-order valence-corrected chi connectivity index (χ3v) is 9.19. The van der Waals surface area contributed by atoms with Crippen LogP contribution in [0.5, 0.6) is 5.88 Å². The first-order chi connectivity index (χ1) is 17.3. The summed E-state index contributed by atoms with van der Waals surface area (Å²) in [5.74, 6) is 1.84. The molecule has 0 unspecified atom stereocenters. The van der Waals surface area contributed by atoms with E-state index in [0.29, 0.717) is 12.0 Å². The summed E-state index contributed by atoms with van der Waals surface area (Å²) in [6.07, 6.45) is 11.3. The number of piperidine rings is 1. The molecule has 0 bridgehead atoms. The standard InChI is InChI=1S/C27H24N6OS/c1-2-17-14-27(15-19(17)28-9-1)7-11-32(12-8-27)24-20-16-30-25-22(3-4-23(31-24)33(20)25)35-21-5-10-29-26-18(21)6-13-34-26/h1-5,9-10,16H,6-8,11-15H2. The van der Waals surface area contributed by atoms with Crippen molar-refractivity contribution in [1.29, 1.82) is 0 Å². The van der Waals surface area contributed by atoms with Crippen LogP contribution in [0.3, 0.4) is 0 Å². The normalized spacial score (nSPS) is 18.5. The minimum atomic E-state index is 0.365. The van der Waals surface area contributed by atoms with Crippen LogP contribution < -0.4 is 9.64 Å². The van der Waals surface area contributed by atoms with Crippen LogP contribution in [-0.2, 0) is 19.3 Å². The van der Waals surface area contributed by atoms with Gasteiger partial charge in [0.1, 0.15) is 11.2 Å². The molecular weight excluding hydrogens is 456 g/mol. The summed E-state index contributed by atoms with van der Waals surface area (Å²) in [7, 11) is 0. The number of hydrogen-bond donors (Lipinski definition) is 0. The monoisotopic (exact) mass is 480 g/mol. The zero-order chi connectivity index (χ0) is 23.0. The van der Waals surface area contributed by atoms with Crippen molar-refractivity contribution >= 4 is 34.4 Å². The zero-order valence-electron chi connectivity index (χ0n) is 19.3. The van der Waals surface area contributed by atoms with Gasteiger partial charge >= 0.3 is 0 Å². The highest BCUT2D eigenvalue weighted by molar-refractivity contribution is 7.99. The molecular formula is C27H24N6OS. The minimum Gasteiger partial charge on any atom is -0.477 e. The average molecular weight is 481 g/mol. The SMILES string of the molecule is c1cnc2c(c1)CC1(CCN(c3nc4ccc(Sc5ccnc6c5CCO6)c5ncc3n45)CC1)C2. The van der Waals surface area contributed by atoms with Gasteiger partial charge in [-0.15, -0.1) is 0 Å². The van der Waals surface area contributed by atoms with Gasteiger partial charge in [-0.2, -0.15) is 0 Å². The van der Waals surface area contributed by atoms with Gasteiger partial charge in [0.2, 0.25) is 5.88 Å². The molecule has 7 nitrogen and oxygen atoms in total. The summed E-state index contributed by atoms with van der Waals surface area (Å²) < 4.78 is 7.88. The predicted molar refractivity (Wildman–Crippen MR) is 135 cm³/mol. The zero-order valence-corrected chi connectivity index (χ0v) is 20.1. The fourth-order valence-electron chi connectivity index (χ4n) is 6.21. The van der Waals surface area contributed by atoms with Gasteiger partial charge in [-0.3, -0.25) is 9.38 Å². The summed E-state index contributed by atoms with van der Waals surface area (Å²) in [4.78, 5) is 23.7. The first kappa shape index (κ1) is 19.9. The van der Waals surface area contributed by atoms with E-state index in [2.05, 4.69) is 49.6 Å². The smallest absolute Gasteiger partial charge is 0.217 e. The van der Waals surface area contributed by atoms with Crippen molar-refractivity contribution in [2.24, 2.45) is 5.41 Å². The van der Waals surface area contributed by atoms with Crippen LogP contribution in [0.25, 0.3) is 16.8 Å². The van der Waals surface area contributed by atoms with E-state index in [9.17, 15) is 0 Å². The molecule has 174 valence electrons. The third kappa shape index (κ3) is 2.99. The second-order valence-corrected chi connectivity index (χ2v) is 11.1. The number of aromatic nitrogens is 5. The molecule has 8 heteroatoms. The molecule has 0 saturated carbocycles. The molecule has 7 heterocycles. The van der Waals surface area contributed by atoms with Crippen LogP contribution in [0.15, 0.2) is 58.7 Å². The van der Waals surface area contributed by atoms with E-state index in [1.54, 1.807) is 11.8 Å². The Morgan fingerprint density at radius 2 is 1.89 bits per heavy atom. The first-order valence-corrected chi connectivity index (χ1v) is 13.1. The Morgan fingerprint density at radius 1 is 0.943 bits per heavy atom. The second-order valence-electron chi connectivity index (χ2n) is 10.0. The van der Waals surface area contributed by atoms with E-state index in [0.717, 1.165) is 65.8 Å². The number of anilines is 1. The molecule has 1 spiro atoms. The Bertz CT molecular complexity index is 1560. The van der Waals surface area contributed by atoms with Crippen molar-refractivity contribution in [1.82, 2.24) is 24.3 Å². The fourth-order valence-corrected chi connectivity index (χ4v) is 7.26. The highest BCUT2D eigenvalue weighted by Gasteiger charge is 2.41. The lowest BCUT2D eigenvalue weighted by atomic mass is 9.76. The molecule has 5 aromatic heterocycles. The molecule has 35 heavy (non-hydrogen) atoms. The molecule has 0 atom stereocenters. The maximum atomic E-state index is 5.66. The maximum Gasteiger partial charge on any atom is 0.217 e. The van der Waals surface area contributed by atoms with E-state index in [4.69, 9.17) is 14.7 Å². The van der Waals surface area contributed by atoms with Crippen molar-refractivity contribution in [2.75, 3.05) is 24.6 Å². The first-order valence-electron chi connectivity index (χ1n) is 12.3. The van der Waals surface area contributed by atoms with Crippen LogP contribution in [0, 0.1) is 5.41 Å². The summed E-state index contributed by atoms with van der Waals surface area (Å²) in [6, 6.07) is 10.7. The van der Waals surface area contributed by atoms with Gasteiger partial charge in [0, 0.05) is 48.1 Å². The van der Waals surface area contributed by atoms with Crippen LogP contribution in [0.2, 0.25) is 0 Å². The Balaban J connectivity index is 1.09. The molecule has 8 rings (SSSR count). The topological polar surface area (TPSA) is 68.4 Å². The van der Waals surface area contributed by atoms with E-state index in [1.807, 2.05) is 18.6 Å². The van der Waals surface area contributed by atoms with Crippen molar-refractivity contribution in [2.45, 2.75) is 41.9 Å². The lowest BCUT2D eigenvalue weighted by Crippen LogP contribution is -2.41. The number of ether oxygens (including phenoxy) is 1. The van der Waals surface area contributed by atoms with Gasteiger partial charge in [0.15, 0.2) is 11.5 Å². The Morgan fingerprint density at radius 3 is 2.80 bits per heavy atom. The summed E-state index contributed by atoms with van der Waals surface area (Å²) in [5.41, 5.74) is 7.35. The lowest BCUT2D eigenvalue weighted by Gasteiger charge is -2.39. The van der Waals surface area contributed by atoms with Gasteiger partial charge in [0.25, 0.3) is 0 Å². The number of fused-ring (bicyclic) bond motifs is 2. The van der Waals surface area contributed by atoms with Gasteiger partial charge in [-0.05, 0) is 60.9 Å². The van der Waals surface area contributed by atoms with Crippen LogP contribution in [0.4, 0.5) is 5.82 Å². The number of pyridine rings is 3. The number of imidazole rings is 2. The number of hydrogen-bond acceptors (Lipinski definition) is 7. The Kier molecular flexibility index (Phi) is 4.15. The summed E-state index contributed by atoms with van der Waals surface area (Å²) >= 11 is 1.74. The van der Waals surface area contributed by atoms with Gasteiger partial charge < -0.3 is 9.64 Å². The molecule has 1 aliphatic carbocycles. The molecule has 1 fully saturated rings. The predicted octanol–water partition coefficient (Wildman–Crippen LogP) is 4.58. The lowest BCUT2D eigenvalue weighted by molar-refractivity contribution is 0.231. The van der Waals surface area contributed by atoms with E-state index < -0.39 is 0 Å². The molecule has 5 aromatic rings. The second kappa shape index (κ2) is 7.31. The summed E-state index contributed by atoms with van der Waals surface area (Å²) in [6.45, 7) is 2.76. The van der Waals surface area contributed by atoms with Crippen LogP contribution >= 0.6 is 11.8 Å². The van der Waals surface area contributed by atoms with Crippen molar-refractivity contribution < 1.29 is 4.74 Å². The minimum absolute atomic E-state index is 0.365. The number of nitrogens with zero attached hydrogens (tertiary/aromatic N) is 6. The van der Waals surface area contributed by atoms with E-state index in [-0.39, 0.29) is 0 Å². The van der Waals surface area contributed by atoms with Gasteiger partial charge in [0.05, 0.1) is 17.7 Å². The Labute approximate surface area is 206 Å². The van der Waals surface area contributed by atoms with Gasteiger partial charge in [-0.1, -0.05) is 17.8 Å².